The number of benzene rings is 1. The van der Waals surface area contributed by atoms with Crippen LogP contribution in [0.5, 0.6) is 0 Å². The first kappa shape index (κ1) is 27.5. The maximum atomic E-state index is 12.4. The zero-order valence-corrected chi connectivity index (χ0v) is 21.6. The van der Waals surface area contributed by atoms with E-state index in [1.54, 1.807) is 35.9 Å². The number of carbonyl (C=O) groups excluding carboxylic acids is 1. The number of aryl methyl sites for hydroxylation is 1. The van der Waals surface area contributed by atoms with Crippen molar-refractivity contribution in [3.63, 3.8) is 0 Å². The van der Waals surface area contributed by atoms with Crippen LogP contribution >= 0.6 is 0 Å². The third kappa shape index (κ3) is 6.86. The van der Waals surface area contributed by atoms with Crippen LogP contribution in [0.4, 0.5) is 0 Å². The van der Waals surface area contributed by atoms with E-state index in [2.05, 4.69) is 10.1 Å². The number of aromatic nitrogens is 4. The third-order valence-electron chi connectivity index (χ3n) is 4.92. The van der Waals surface area contributed by atoms with E-state index in [9.17, 15) is 4.79 Å². The van der Waals surface area contributed by atoms with Gasteiger partial charge in [0.1, 0.15) is 19.2 Å². The molecular formula is C27H35N4O4+. The van der Waals surface area contributed by atoms with Crippen molar-refractivity contribution in [2.75, 3.05) is 27.4 Å². The van der Waals surface area contributed by atoms with Gasteiger partial charge in [0.2, 0.25) is 12.4 Å². The molecule has 0 saturated carbocycles. The van der Waals surface area contributed by atoms with Gasteiger partial charge in [-0.3, -0.25) is 9.52 Å². The topological polar surface area (TPSA) is 79.3 Å². The minimum absolute atomic E-state index is 0.189. The van der Waals surface area contributed by atoms with Crippen LogP contribution in [-0.2, 0) is 16.5 Å². The second-order valence-corrected chi connectivity index (χ2v) is 6.98. The maximum Gasteiger partial charge on any atom is 0.339 e. The van der Waals surface area contributed by atoms with Gasteiger partial charge in [-0.05, 0) is 17.2 Å². The van der Waals surface area contributed by atoms with E-state index in [0.29, 0.717) is 17.7 Å². The molecule has 8 nitrogen and oxygen atoms in total. The highest BCUT2D eigenvalue weighted by atomic mass is 16.6. The van der Waals surface area contributed by atoms with Crippen molar-refractivity contribution in [2.45, 2.75) is 27.7 Å². The summed E-state index contributed by atoms with van der Waals surface area (Å²) >= 11 is 0. The van der Waals surface area contributed by atoms with E-state index in [1.165, 1.54) is 6.20 Å². The Hall–Kier alpha value is -3.78. The highest BCUT2D eigenvalue weighted by Crippen LogP contribution is 2.29. The SMILES string of the molecule is CC.CC.COCCOC(=O)c1cnc2c[n+](OC)cc(-c3ccc(-c4cnn(C)c4)cc3)c2c1. The first-order valence-electron chi connectivity index (χ1n) is 11.7. The van der Waals surface area contributed by atoms with Crippen molar-refractivity contribution in [3.05, 3.63) is 66.9 Å². The van der Waals surface area contributed by atoms with Crippen LogP contribution < -0.4 is 9.57 Å². The zero-order valence-electron chi connectivity index (χ0n) is 21.6. The van der Waals surface area contributed by atoms with Gasteiger partial charge in [0.25, 0.3) is 0 Å². The molecule has 186 valence electrons. The highest BCUT2D eigenvalue weighted by Gasteiger charge is 2.17. The predicted molar refractivity (Wildman–Crippen MR) is 137 cm³/mol. The average molecular weight is 480 g/mol. The number of carbonyl (C=O) groups is 1. The molecule has 1 aromatic carbocycles. The van der Waals surface area contributed by atoms with Crippen LogP contribution in [0.1, 0.15) is 38.1 Å². The number of nitrogens with zero attached hydrogens (tertiary/aromatic N) is 4. The molecule has 3 heterocycles. The summed E-state index contributed by atoms with van der Waals surface area (Å²) in [6.07, 6.45) is 8.94. The van der Waals surface area contributed by atoms with Gasteiger partial charge in [-0.25, -0.2) is 9.78 Å². The molecule has 8 heteroatoms. The molecular weight excluding hydrogens is 444 g/mol. The number of rotatable bonds is 7. The van der Waals surface area contributed by atoms with Crippen LogP contribution in [0.3, 0.4) is 0 Å². The molecule has 0 atom stereocenters. The molecule has 0 N–H and O–H groups in total. The zero-order chi connectivity index (χ0) is 25.8. The van der Waals surface area contributed by atoms with Crippen LogP contribution in [0.15, 0.2) is 61.3 Å². The molecule has 0 fully saturated rings. The molecule has 0 amide bonds. The second kappa shape index (κ2) is 13.8. The van der Waals surface area contributed by atoms with Gasteiger partial charge in [0.05, 0.1) is 23.9 Å². The van der Waals surface area contributed by atoms with Crippen LogP contribution in [-0.4, -0.2) is 48.2 Å². The summed E-state index contributed by atoms with van der Waals surface area (Å²) in [5.74, 6) is -0.437. The van der Waals surface area contributed by atoms with Gasteiger partial charge in [-0.15, -0.1) is 0 Å². The first-order chi connectivity index (χ1) is 17.1. The standard InChI is InChI=1S/C23H23N4O4.2C2H6/c1-26-13-19(12-25-26)16-4-6-17(7-5-16)21-14-27(30-3)15-22-20(21)10-18(11-24-22)23(28)31-9-8-29-2;2*1-2/h4-7,10-15H,8-9H2,1-3H3;2*1-2H3/q+1;;. The van der Waals surface area contributed by atoms with Crippen molar-refractivity contribution in [3.8, 4) is 22.3 Å². The lowest BCUT2D eigenvalue weighted by Crippen LogP contribution is -2.39. The highest BCUT2D eigenvalue weighted by molar-refractivity contribution is 5.99. The quantitative estimate of drug-likeness (QED) is 0.221. The molecule has 0 spiro atoms. The fourth-order valence-electron chi connectivity index (χ4n) is 3.31. The normalized spacial score (nSPS) is 10.0. The average Bonchev–Trinajstić information content (AvgIpc) is 3.36. The Morgan fingerprint density at radius 1 is 0.943 bits per heavy atom. The predicted octanol–water partition coefficient (Wildman–Crippen LogP) is 4.50. The fraction of sp³-hybridized carbons (Fsp3) is 0.333. The van der Waals surface area contributed by atoms with Crippen molar-refractivity contribution < 1.29 is 23.8 Å². The Balaban J connectivity index is 0.00000103. The monoisotopic (exact) mass is 479 g/mol. The lowest BCUT2D eigenvalue weighted by molar-refractivity contribution is -0.884. The summed E-state index contributed by atoms with van der Waals surface area (Å²) in [7, 11) is 5.04. The molecule has 35 heavy (non-hydrogen) atoms. The Bertz CT molecular complexity index is 1220. The van der Waals surface area contributed by atoms with Crippen molar-refractivity contribution >= 4 is 16.9 Å². The Morgan fingerprint density at radius 3 is 2.23 bits per heavy atom. The molecule has 4 rings (SSSR count). The number of hydrogen-bond acceptors (Lipinski definition) is 6. The Labute approximate surface area is 207 Å². The summed E-state index contributed by atoms with van der Waals surface area (Å²) in [5, 5.41) is 5.05. The van der Waals surface area contributed by atoms with Crippen LogP contribution in [0, 0.1) is 0 Å². The molecule has 0 saturated heterocycles. The van der Waals surface area contributed by atoms with Crippen molar-refractivity contribution in [2.24, 2.45) is 7.05 Å². The minimum atomic E-state index is -0.437. The summed E-state index contributed by atoms with van der Waals surface area (Å²) in [6.45, 7) is 8.53. The molecule has 3 aromatic heterocycles. The number of hydrogen-bond donors (Lipinski definition) is 0. The summed E-state index contributed by atoms with van der Waals surface area (Å²) in [5.41, 5.74) is 5.04. The third-order valence-corrected chi connectivity index (χ3v) is 4.92. The van der Waals surface area contributed by atoms with Crippen LogP contribution in [0.25, 0.3) is 33.2 Å². The second-order valence-electron chi connectivity index (χ2n) is 6.98. The molecule has 0 aliphatic carbocycles. The first-order valence-corrected chi connectivity index (χ1v) is 11.7. The van der Waals surface area contributed by atoms with Gasteiger partial charge in [-0.1, -0.05) is 52.0 Å². The number of methoxy groups -OCH3 is 1. The Kier molecular flexibility index (Phi) is 10.8. The number of esters is 1. The molecule has 0 unspecified atom stereocenters. The summed E-state index contributed by atoms with van der Waals surface area (Å²) < 4.78 is 13.5. The van der Waals surface area contributed by atoms with Gasteiger partial charge >= 0.3 is 5.97 Å². The van der Waals surface area contributed by atoms with Gasteiger partial charge < -0.3 is 9.47 Å². The lowest BCUT2D eigenvalue weighted by Gasteiger charge is -2.08. The van der Waals surface area contributed by atoms with E-state index in [-0.39, 0.29) is 6.61 Å². The maximum absolute atomic E-state index is 12.4. The molecule has 0 radical (unpaired) electrons. The van der Waals surface area contributed by atoms with E-state index in [1.807, 2.05) is 77.6 Å². The van der Waals surface area contributed by atoms with E-state index < -0.39 is 5.97 Å². The van der Waals surface area contributed by atoms with Crippen LogP contribution in [0.2, 0.25) is 0 Å². The lowest BCUT2D eigenvalue weighted by atomic mass is 9.99. The minimum Gasteiger partial charge on any atom is -0.460 e. The number of fused-ring (bicyclic) bond motifs is 1. The Morgan fingerprint density at radius 2 is 1.63 bits per heavy atom. The summed E-state index contributed by atoms with van der Waals surface area (Å²) in [6, 6.07) is 9.93. The number of ether oxygens (including phenoxy) is 2. The molecule has 0 bridgehead atoms. The molecule has 0 aliphatic heterocycles. The smallest absolute Gasteiger partial charge is 0.339 e. The molecule has 0 aliphatic rings. The van der Waals surface area contributed by atoms with Gasteiger partial charge in [-0.2, -0.15) is 5.10 Å². The van der Waals surface area contributed by atoms with E-state index in [4.69, 9.17) is 14.3 Å². The van der Waals surface area contributed by atoms with Gasteiger partial charge in [0, 0.05) is 42.2 Å². The largest absolute Gasteiger partial charge is 0.460 e. The van der Waals surface area contributed by atoms with E-state index >= 15 is 0 Å². The van der Waals surface area contributed by atoms with Crippen molar-refractivity contribution in [1.82, 2.24) is 14.8 Å². The number of pyridine rings is 2. The van der Waals surface area contributed by atoms with Crippen molar-refractivity contribution in [1.29, 1.82) is 0 Å². The fourth-order valence-corrected chi connectivity index (χ4v) is 3.31. The van der Waals surface area contributed by atoms with E-state index in [0.717, 1.165) is 27.6 Å². The summed E-state index contributed by atoms with van der Waals surface area (Å²) in [4.78, 5) is 22.2. The van der Waals surface area contributed by atoms with Gasteiger partial charge in [0.15, 0.2) is 0 Å². The molecule has 4 aromatic rings.